The van der Waals surface area contributed by atoms with Crippen molar-refractivity contribution in [2.45, 2.75) is 4.90 Å². The van der Waals surface area contributed by atoms with Gasteiger partial charge in [-0.3, -0.25) is 14.8 Å². The minimum absolute atomic E-state index is 0.0282. The molecule has 1 aliphatic heterocycles. The first-order valence-corrected chi connectivity index (χ1v) is 12.7. The number of hydrogen-bond donors (Lipinski definition) is 2. The molecule has 1 aromatic heterocycles. The molecule has 2 N–H and O–H groups in total. The van der Waals surface area contributed by atoms with Crippen molar-refractivity contribution >= 4 is 49.7 Å². The van der Waals surface area contributed by atoms with E-state index in [2.05, 4.69) is 15.0 Å². The molecule has 172 valence electrons. The van der Waals surface area contributed by atoms with Crippen molar-refractivity contribution < 1.29 is 22.7 Å². The number of aromatic nitrogens is 1. The van der Waals surface area contributed by atoms with Crippen LogP contribution in [0.1, 0.15) is 10.4 Å². The molecule has 1 aliphatic rings. The largest absolute Gasteiger partial charge is 0.454 e. The Morgan fingerprint density at radius 3 is 2.59 bits per heavy atom. The summed E-state index contributed by atoms with van der Waals surface area (Å²) in [5, 5.41) is 5.33. The molecule has 0 fully saturated rings. The summed E-state index contributed by atoms with van der Waals surface area (Å²) < 4.78 is 38.7. The van der Waals surface area contributed by atoms with Crippen LogP contribution < -0.4 is 19.5 Å². The second-order valence-electron chi connectivity index (χ2n) is 7.17. The van der Waals surface area contributed by atoms with Gasteiger partial charge in [0.1, 0.15) is 0 Å². The number of nitrogens with one attached hydrogen (secondary N) is 2. The third kappa shape index (κ3) is 4.56. The molecule has 5 rings (SSSR count). The minimum Gasteiger partial charge on any atom is -0.454 e. The third-order valence-corrected chi connectivity index (χ3v) is 7.32. The fourth-order valence-electron chi connectivity index (χ4n) is 3.27. The van der Waals surface area contributed by atoms with E-state index in [1.54, 1.807) is 18.2 Å². The average Bonchev–Trinajstić information content (AvgIpc) is 3.48. The van der Waals surface area contributed by atoms with E-state index in [9.17, 15) is 13.2 Å². The standard InChI is InChI=1S/C23H16ClN3O5S2/c24-15-6-8-16(9-7-15)34(29,30)27-18-4-2-1-3-17(18)22(28)26-23-25-19(12-33-23)14-5-10-20-21(11-14)32-13-31-20/h1-12,27H,13H2,(H,25,26,28). The van der Waals surface area contributed by atoms with Gasteiger partial charge in [-0.05, 0) is 54.6 Å². The summed E-state index contributed by atoms with van der Waals surface area (Å²) >= 11 is 7.10. The highest BCUT2D eigenvalue weighted by atomic mass is 35.5. The van der Waals surface area contributed by atoms with Crippen LogP contribution in [0.4, 0.5) is 10.8 Å². The molecule has 3 aromatic carbocycles. The summed E-state index contributed by atoms with van der Waals surface area (Å²) in [5.74, 6) is 0.809. The lowest BCUT2D eigenvalue weighted by Gasteiger charge is -2.12. The van der Waals surface area contributed by atoms with Crippen LogP contribution >= 0.6 is 22.9 Å². The number of amides is 1. The highest BCUT2D eigenvalue weighted by Gasteiger charge is 2.20. The van der Waals surface area contributed by atoms with Crippen molar-refractivity contribution in [2.75, 3.05) is 16.8 Å². The van der Waals surface area contributed by atoms with Crippen LogP contribution in [0.5, 0.6) is 11.5 Å². The molecule has 0 bridgehead atoms. The molecule has 0 saturated heterocycles. The van der Waals surface area contributed by atoms with Crippen LogP contribution in [-0.2, 0) is 10.0 Å². The molecule has 34 heavy (non-hydrogen) atoms. The first-order chi connectivity index (χ1) is 16.4. The number of para-hydroxylation sites is 1. The van der Waals surface area contributed by atoms with E-state index in [0.717, 1.165) is 5.56 Å². The highest BCUT2D eigenvalue weighted by Crippen LogP contribution is 2.36. The summed E-state index contributed by atoms with van der Waals surface area (Å²) in [7, 11) is -3.92. The number of benzene rings is 3. The zero-order chi connectivity index (χ0) is 23.7. The van der Waals surface area contributed by atoms with Gasteiger partial charge in [0, 0.05) is 16.0 Å². The van der Waals surface area contributed by atoms with Crippen LogP contribution in [0.25, 0.3) is 11.3 Å². The molecule has 2 heterocycles. The average molecular weight is 514 g/mol. The van der Waals surface area contributed by atoms with Gasteiger partial charge in [-0.1, -0.05) is 23.7 Å². The Balaban J connectivity index is 1.35. The van der Waals surface area contributed by atoms with Crippen molar-refractivity contribution in [3.05, 3.63) is 82.7 Å². The number of hydrogen-bond acceptors (Lipinski definition) is 7. The lowest BCUT2D eigenvalue weighted by atomic mass is 10.1. The van der Waals surface area contributed by atoms with Crippen LogP contribution in [-0.4, -0.2) is 26.1 Å². The molecule has 11 heteroatoms. The Bertz CT molecular complexity index is 1490. The molecule has 8 nitrogen and oxygen atoms in total. The summed E-state index contributed by atoms with van der Waals surface area (Å²) in [6, 6.07) is 17.6. The second kappa shape index (κ2) is 8.98. The molecule has 1 amide bonds. The second-order valence-corrected chi connectivity index (χ2v) is 10.1. The Hall–Kier alpha value is -3.60. The normalized spacial score (nSPS) is 12.4. The van der Waals surface area contributed by atoms with Gasteiger partial charge in [0.05, 0.1) is 21.8 Å². The maximum absolute atomic E-state index is 13.0. The molecule has 0 aliphatic carbocycles. The molecule has 0 spiro atoms. The van der Waals surface area contributed by atoms with Crippen LogP contribution in [0.3, 0.4) is 0 Å². The Labute approximate surface area is 204 Å². The number of anilines is 2. The summed E-state index contributed by atoms with van der Waals surface area (Å²) in [6.45, 7) is 0.179. The van der Waals surface area contributed by atoms with E-state index in [1.807, 2.05) is 17.5 Å². The van der Waals surface area contributed by atoms with Crippen molar-refractivity contribution in [3.63, 3.8) is 0 Å². The predicted molar refractivity (Wildman–Crippen MR) is 130 cm³/mol. The maximum Gasteiger partial charge on any atom is 0.261 e. The minimum atomic E-state index is -3.92. The number of carbonyl (C=O) groups is 1. The van der Waals surface area contributed by atoms with E-state index in [0.29, 0.717) is 27.3 Å². The number of thiazole rings is 1. The number of halogens is 1. The van der Waals surface area contributed by atoms with Crippen LogP contribution in [0.15, 0.2) is 77.0 Å². The lowest BCUT2D eigenvalue weighted by Crippen LogP contribution is -2.18. The SMILES string of the molecule is O=C(Nc1nc(-c2ccc3c(c2)OCO3)cs1)c1ccccc1NS(=O)(=O)c1ccc(Cl)cc1. The van der Waals surface area contributed by atoms with Gasteiger partial charge in [0.2, 0.25) is 6.79 Å². The molecular weight excluding hydrogens is 498 g/mol. The number of ether oxygens (including phenoxy) is 2. The molecule has 0 saturated carbocycles. The molecular formula is C23H16ClN3O5S2. The maximum atomic E-state index is 13.0. The fourth-order valence-corrected chi connectivity index (χ4v) is 5.19. The number of nitrogens with zero attached hydrogens (tertiary/aromatic N) is 1. The first-order valence-electron chi connectivity index (χ1n) is 9.93. The van der Waals surface area contributed by atoms with Gasteiger partial charge >= 0.3 is 0 Å². The molecule has 0 atom stereocenters. The van der Waals surface area contributed by atoms with Crippen molar-refractivity contribution in [1.82, 2.24) is 4.98 Å². The quantitative estimate of drug-likeness (QED) is 0.365. The van der Waals surface area contributed by atoms with Gasteiger partial charge in [-0.15, -0.1) is 11.3 Å². The van der Waals surface area contributed by atoms with Crippen molar-refractivity contribution in [3.8, 4) is 22.8 Å². The highest BCUT2D eigenvalue weighted by molar-refractivity contribution is 7.92. The number of carbonyl (C=O) groups excluding carboxylic acids is 1. The van der Waals surface area contributed by atoms with E-state index in [1.165, 1.54) is 47.7 Å². The van der Waals surface area contributed by atoms with E-state index < -0.39 is 15.9 Å². The zero-order valence-corrected chi connectivity index (χ0v) is 19.7. The summed E-state index contributed by atoms with van der Waals surface area (Å²) in [5.41, 5.74) is 1.77. The van der Waals surface area contributed by atoms with E-state index in [4.69, 9.17) is 21.1 Å². The van der Waals surface area contributed by atoms with Gasteiger partial charge in [0.25, 0.3) is 15.9 Å². The predicted octanol–water partition coefficient (Wildman–Crippen LogP) is 5.25. The van der Waals surface area contributed by atoms with E-state index >= 15 is 0 Å². The summed E-state index contributed by atoms with van der Waals surface area (Å²) in [4.78, 5) is 17.5. The lowest BCUT2D eigenvalue weighted by molar-refractivity contribution is 0.102. The molecule has 4 aromatic rings. The molecule has 0 unspecified atom stereocenters. The van der Waals surface area contributed by atoms with Crippen molar-refractivity contribution in [1.29, 1.82) is 0 Å². The zero-order valence-electron chi connectivity index (χ0n) is 17.3. The summed E-state index contributed by atoms with van der Waals surface area (Å²) in [6.07, 6.45) is 0. The van der Waals surface area contributed by atoms with Gasteiger partial charge < -0.3 is 9.47 Å². The fraction of sp³-hybridized carbons (Fsp3) is 0.0435. The Kier molecular flexibility index (Phi) is 5.86. The molecule has 0 radical (unpaired) electrons. The number of sulfonamides is 1. The van der Waals surface area contributed by atoms with Gasteiger partial charge in [0.15, 0.2) is 16.6 Å². The Morgan fingerprint density at radius 2 is 1.76 bits per heavy atom. The van der Waals surface area contributed by atoms with Crippen molar-refractivity contribution in [2.24, 2.45) is 0 Å². The van der Waals surface area contributed by atoms with Crippen LogP contribution in [0, 0.1) is 0 Å². The topological polar surface area (TPSA) is 107 Å². The smallest absolute Gasteiger partial charge is 0.261 e. The van der Waals surface area contributed by atoms with Gasteiger partial charge in [-0.2, -0.15) is 0 Å². The van der Waals surface area contributed by atoms with E-state index in [-0.39, 0.29) is 22.9 Å². The van der Waals surface area contributed by atoms with Gasteiger partial charge in [-0.25, -0.2) is 13.4 Å². The number of fused-ring (bicyclic) bond motifs is 1. The van der Waals surface area contributed by atoms with Crippen LogP contribution in [0.2, 0.25) is 5.02 Å². The monoisotopic (exact) mass is 513 g/mol. The first kappa shape index (κ1) is 22.2. The third-order valence-electron chi connectivity index (χ3n) is 4.93. The Morgan fingerprint density at radius 1 is 1.00 bits per heavy atom. The number of rotatable bonds is 6.